The number of hydrogen-bond donors (Lipinski definition) is 2. The van der Waals surface area contributed by atoms with Crippen LogP contribution in [0.15, 0.2) is 18.2 Å². The van der Waals surface area contributed by atoms with Crippen LogP contribution in [0.4, 0.5) is 0 Å². The van der Waals surface area contributed by atoms with E-state index >= 15 is 0 Å². The summed E-state index contributed by atoms with van der Waals surface area (Å²) in [5.74, 6) is 0.892. The van der Waals surface area contributed by atoms with E-state index in [4.69, 9.17) is 4.74 Å². The van der Waals surface area contributed by atoms with Crippen LogP contribution in [0.5, 0.6) is 11.5 Å². The Morgan fingerprint density at radius 1 is 1.38 bits per heavy atom. The molecule has 0 aliphatic rings. The van der Waals surface area contributed by atoms with E-state index in [1.165, 1.54) is 0 Å². The molecule has 1 atom stereocenters. The summed E-state index contributed by atoms with van der Waals surface area (Å²) in [5, 5.41) is 19.4. The van der Waals surface area contributed by atoms with Crippen LogP contribution in [0.3, 0.4) is 0 Å². The van der Waals surface area contributed by atoms with Crippen LogP contribution >= 0.6 is 11.8 Å². The summed E-state index contributed by atoms with van der Waals surface area (Å²) in [4.78, 5) is 0. The first-order valence-corrected chi connectivity index (χ1v) is 6.16. The largest absolute Gasteiger partial charge is 0.508 e. The molecule has 3 nitrogen and oxygen atoms in total. The molecule has 1 unspecified atom stereocenters. The Hall–Kier alpha value is -0.870. The number of aliphatic hydroxyl groups is 1. The van der Waals surface area contributed by atoms with Crippen molar-refractivity contribution in [2.24, 2.45) is 0 Å². The van der Waals surface area contributed by atoms with E-state index in [1.54, 1.807) is 37.1 Å². The molecule has 0 aromatic heterocycles. The molecule has 0 bridgehead atoms. The van der Waals surface area contributed by atoms with Gasteiger partial charge in [-0.3, -0.25) is 0 Å². The summed E-state index contributed by atoms with van der Waals surface area (Å²) >= 11 is 1.62. The molecule has 90 valence electrons. The van der Waals surface area contributed by atoms with Gasteiger partial charge >= 0.3 is 0 Å². The highest BCUT2D eigenvalue weighted by atomic mass is 32.2. The highest BCUT2D eigenvalue weighted by molar-refractivity contribution is 8.00. The van der Waals surface area contributed by atoms with Gasteiger partial charge < -0.3 is 14.9 Å². The average Bonchev–Trinajstić information content (AvgIpc) is 2.26. The van der Waals surface area contributed by atoms with Gasteiger partial charge in [0.1, 0.15) is 11.5 Å². The minimum atomic E-state index is -0.116. The summed E-state index contributed by atoms with van der Waals surface area (Å²) in [5.41, 5.74) is 0.723. The summed E-state index contributed by atoms with van der Waals surface area (Å²) in [7, 11) is 1.58. The topological polar surface area (TPSA) is 49.7 Å². The predicted octanol–water partition coefficient (Wildman–Crippen LogP) is 2.58. The van der Waals surface area contributed by atoms with Gasteiger partial charge in [0.25, 0.3) is 0 Å². The first-order chi connectivity index (χ1) is 7.58. The molecule has 16 heavy (non-hydrogen) atoms. The van der Waals surface area contributed by atoms with Gasteiger partial charge in [0, 0.05) is 5.56 Å². The Morgan fingerprint density at radius 2 is 2.06 bits per heavy atom. The number of phenols is 1. The Labute approximate surface area is 100 Å². The molecule has 0 aliphatic heterocycles. The number of benzene rings is 1. The molecule has 0 saturated carbocycles. The minimum absolute atomic E-state index is 0.00355. The number of hydrogen-bond acceptors (Lipinski definition) is 4. The van der Waals surface area contributed by atoms with Crippen molar-refractivity contribution in [1.82, 2.24) is 0 Å². The fourth-order valence-corrected chi connectivity index (χ4v) is 2.54. The first-order valence-electron chi connectivity index (χ1n) is 5.21. The highest BCUT2D eigenvalue weighted by Gasteiger charge is 2.17. The smallest absolute Gasteiger partial charge is 0.120 e. The van der Waals surface area contributed by atoms with Gasteiger partial charge in [0.15, 0.2) is 0 Å². The quantitative estimate of drug-likeness (QED) is 0.833. The molecule has 1 aromatic carbocycles. The lowest BCUT2D eigenvalue weighted by atomic mass is 10.1. The monoisotopic (exact) mass is 242 g/mol. The van der Waals surface area contributed by atoms with E-state index in [2.05, 4.69) is 13.8 Å². The molecule has 0 heterocycles. The van der Waals surface area contributed by atoms with Crippen LogP contribution in [0.2, 0.25) is 0 Å². The molecule has 0 fully saturated rings. The van der Waals surface area contributed by atoms with Gasteiger partial charge in [-0.05, 0) is 23.4 Å². The fraction of sp³-hybridized carbons (Fsp3) is 0.500. The Kier molecular flexibility index (Phi) is 4.96. The molecule has 0 saturated heterocycles. The van der Waals surface area contributed by atoms with Crippen molar-refractivity contribution in [3.8, 4) is 11.5 Å². The summed E-state index contributed by atoms with van der Waals surface area (Å²) in [6, 6.07) is 5.07. The molecule has 1 rings (SSSR count). The lowest BCUT2D eigenvalue weighted by Gasteiger charge is -2.18. The van der Waals surface area contributed by atoms with Crippen molar-refractivity contribution >= 4 is 11.8 Å². The number of ether oxygens (including phenoxy) is 1. The lowest BCUT2D eigenvalue weighted by molar-refractivity contribution is 0.293. The zero-order valence-corrected chi connectivity index (χ0v) is 10.6. The summed E-state index contributed by atoms with van der Waals surface area (Å²) < 4.78 is 5.11. The molecular formula is C12H18O3S. The van der Waals surface area contributed by atoms with E-state index in [0.29, 0.717) is 11.0 Å². The predicted molar refractivity (Wildman–Crippen MR) is 67.2 cm³/mol. The third-order valence-electron chi connectivity index (χ3n) is 2.18. The standard InChI is InChI=1S/C12H18O3S/c1-8(2)16-12(7-13)10-6-9(15-3)4-5-11(10)14/h4-6,8,12-14H,7H2,1-3H3. The summed E-state index contributed by atoms with van der Waals surface area (Å²) in [6.07, 6.45) is 0. The van der Waals surface area contributed by atoms with Crippen LogP contribution in [-0.2, 0) is 0 Å². The lowest BCUT2D eigenvalue weighted by Crippen LogP contribution is -2.04. The second kappa shape index (κ2) is 6.01. The maximum Gasteiger partial charge on any atom is 0.120 e. The van der Waals surface area contributed by atoms with Crippen molar-refractivity contribution in [2.75, 3.05) is 13.7 Å². The molecule has 4 heteroatoms. The summed E-state index contributed by atoms with van der Waals surface area (Å²) in [6.45, 7) is 4.12. The van der Waals surface area contributed by atoms with Gasteiger partial charge in [0.05, 0.1) is 19.0 Å². The Morgan fingerprint density at radius 3 is 2.56 bits per heavy atom. The van der Waals surface area contributed by atoms with E-state index in [0.717, 1.165) is 5.56 Å². The van der Waals surface area contributed by atoms with Crippen LogP contribution in [-0.4, -0.2) is 29.2 Å². The average molecular weight is 242 g/mol. The zero-order valence-electron chi connectivity index (χ0n) is 9.80. The van der Waals surface area contributed by atoms with Crippen molar-refractivity contribution in [1.29, 1.82) is 0 Å². The fourth-order valence-electron chi connectivity index (χ4n) is 1.46. The van der Waals surface area contributed by atoms with Gasteiger partial charge in [-0.15, -0.1) is 11.8 Å². The van der Waals surface area contributed by atoms with E-state index in [9.17, 15) is 10.2 Å². The number of aliphatic hydroxyl groups excluding tert-OH is 1. The molecule has 1 aromatic rings. The first kappa shape index (κ1) is 13.2. The van der Waals surface area contributed by atoms with Gasteiger partial charge in [-0.1, -0.05) is 13.8 Å². The third-order valence-corrected chi connectivity index (χ3v) is 3.46. The van der Waals surface area contributed by atoms with Crippen molar-refractivity contribution in [3.05, 3.63) is 23.8 Å². The van der Waals surface area contributed by atoms with Gasteiger partial charge in [0.2, 0.25) is 0 Å². The molecular weight excluding hydrogens is 224 g/mol. The van der Waals surface area contributed by atoms with Crippen LogP contribution in [0.25, 0.3) is 0 Å². The van der Waals surface area contributed by atoms with Gasteiger partial charge in [-0.2, -0.15) is 0 Å². The van der Waals surface area contributed by atoms with E-state index < -0.39 is 0 Å². The van der Waals surface area contributed by atoms with Crippen LogP contribution < -0.4 is 4.74 Å². The highest BCUT2D eigenvalue weighted by Crippen LogP contribution is 2.38. The van der Waals surface area contributed by atoms with E-state index in [-0.39, 0.29) is 17.6 Å². The Bertz CT molecular complexity index is 339. The molecule has 0 spiro atoms. The minimum Gasteiger partial charge on any atom is -0.508 e. The third kappa shape index (κ3) is 3.32. The number of phenolic OH excluding ortho intramolecular Hbond substituents is 1. The van der Waals surface area contributed by atoms with Crippen LogP contribution in [0.1, 0.15) is 24.7 Å². The molecule has 0 radical (unpaired) electrons. The molecule has 0 amide bonds. The number of methoxy groups -OCH3 is 1. The maximum atomic E-state index is 9.76. The Balaban J connectivity index is 2.98. The van der Waals surface area contributed by atoms with Crippen molar-refractivity contribution in [3.63, 3.8) is 0 Å². The van der Waals surface area contributed by atoms with E-state index in [1.807, 2.05) is 0 Å². The van der Waals surface area contributed by atoms with Crippen molar-refractivity contribution in [2.45, 2.75) is 24.3 Å². The maximum absolute atomic E-state index is 9.76. The normalized spacial score (nSPS) is 12.8. The molecule has 2 N–H and O–H groups in total. The second-order valence-corrected chi connectivity index (χ2v) is 5.56. The molecule has 0 aliphatic carbocycles. The van der Waals surface area contributed by atoms with Crippen molar-refractivity contribution < 1.29 is 14.9 Å². The van der Waals surface area contributed by atoms with Crippen LogP contribution in [0, 0.1) is 0 Å². The zero-order chi connectivity index (χ0) is 12.1. The number of thioether (sulfide) groups is 1. The number of rotatable bonds is 5. The number of aromatic hydroxyl groups is 1. The SMILES string of the molecule is COc1ccc(O)c(C(CO)SC(C)C)c1. The second-order valence-electron chi connectivity index (χ2n) is 3.78. The van der Waals surface area contributed by atoms with Gasteiger partial charge in [-0.25, -0.2) is 0 Å².